The Morgan fingerprint density at radius 3 is 2.00 bits per heavy atom. The molecule has 0 saturated heterocycles. The van der Waals surface area contributed by atoms with Crippen molar-refractivity contribution >= 4 is 28.5 Å². The minimum Gasteiger partial charge on any atom is -0.388 e. The van der Waals surface area contributed by atoms with E-state index >= 15 is 0 Å². The Hall–Kier alpha value is -2.89. The zero-order chi connectivity index (χ0) is 20.4. The van der Waals surface area contributed by atoms with E-state index in [9.17, 15) is 0 Å². The Bertz CT molecular complexity index is 959. The molecule has 1 aromatic carbocycles. The van der Waals surface area contributed by atoms with Gasteiger partial charge in [0.1, 0.15) is 11.5 Å². The number of hydrogen-bond donors (Lipinski definition) is 3. The zero-order valence-electron chi connectivity index (χ0n) is 18.1. The Balaban J connectivity index is 2.38. The van der Waals surface area contributed by atoms with Crippen molar-refractivity contribution in [2.45, 2.75) is 27.7 Å². The van der Waals surface area contributed by atoms with E-state index in [1.807, 2.05) is 21.1 Å². The summed E-state index contributed by atoms with van der Waals surface area (Å²) in [5.74, 6) is 1.19. The number of nitrogens with zero attached hydrogens (tertiary/aromatic N) is 3. The van der Waals surface area contributed by atoms with E-state index in [1.165, 1.54) is 11.4 Å². The maximum atomic E-state index is 4.94. The van der Waals surface area contributed by atoms with E-state index in [-0.39, 0.29) is 0 Å². The summed E-state index contributed by atoms with van der Waals surface area (Å²) in [5.41, 5.74) is 8.73. The number of anilines is 4. The minimum atomic E-state index is 0.960. The number of aryl methyl sites for hydroxylation is 2. The van der Waals surface area contributed by atoms with Gasteiger partial charge in [0, 0.05) is 80.4 Å². The monoisotopic (exact) mass is 380 g/mol. The van der Waals surface area contributed by atoms with Crippen LogP contribution in [0.5, 0.6) is 0 Å². The summed E-state index contributed by atoms with van der Waals surface area (Å²) in [4.78, 5) is 7.31. The Labute approximate surface area is 168 Å². The highest BCUT2D eigenvalue weighted by atomic mass is 15.2. The molecule has 6 heteroatoms. The Kier molecular flexibility index (Phi) is 5.68. The van der Waals surface area contributed by atoms with Gasteiger partial charge in [-0.05, 0) is 45.4 Å². The quantitative estimate of drug-likeness (QED) is 0.560. The van der Waals surface area contributed by atoms with Crippen LogP contribution >= 0.6 is 0 Å². The van der Waals surface area contributed by atoms with E-state index in [0.717, 1.165) is 52.6 Å². The number of hydrogen-bond acceptors (Lipinski definition) is 5. The van der Waals surface area contributed by atoms with Gasteiger partial charge >= 0.3 is 0 Å². The second-order valence-corrected chi connectivity index (χ2v) is 7.01. The third-order valence-electron chi connectivity index (χ3n) is 5.34. The van der Waals surface area contributed by atoms with Crippen LogP contribution in [-0.4, -0.2) is 43.6 Å². The largest absolute Gasteiger partial charge is 0.388 e. The van der Waals surface area contributed by atoms with Crippen LogP contribution in [0.4, 0.5) is 22.9 Å². The van der Waals surface area contributed by atoms with Gasteiger partial charge < -0.3 is 20.9 Å². The molecule has 150 valence electrons. The van der Waals surface area contributed by atoms with E-state index in [2.05, 4.69) is 77.3 Å². The van der Waals surface area contributed by atoms with E-state index in [1.54, 1.807) is 0 Å². The molecular formula is C22H32N6. The molecular weight excluding hydrogens is 348 g/mol. The molecule has 0 bridgehead atoms. The molecule has 2 heterocycles. The summed E-state index contributed by atoms with van der Waals surface area (Å²) in [7, 11) is 5.87. The lowest BCUT2D eigenvalue weighted by Crippen LogP contribution is -2.24. The lowest BCUT2D eigenvalue weighted by molar-refractivity contribution is 0.829. The third kappa shape index (κ3) is 3.23. The van der Waals surface area contributed by atoms with Crippen molar-refractivity contribution in [3.8, 4) is 11.1 Å². The topological polar surface area (TPSA) is 56.6 Å². The summed E-state index contributed by atoms with van der Waals surface area (Å²) >= 11 is 0. The standard InChI is InChI=1S/C22H32N6/c1-8-27(9-2)19-10-15(4)26-22-20(14(3)13-28(19)22)21-17(24-6)11-16(23-5)12-18(21)25-7/h10-13,23-25H,8-9H2,1-7H3. The van der Waals surface area contributed by atoms with Crippen LogP contribution in [0.1, 0.15) is 25.1 Å². The minimum absolute atomic E-state index is 0.960. The van der Waals surface area contributed by atoms with Crippen molar-refractivity contribution in [1.29, 1.82) is 0 Å². The van der Waals surface area contributed by atoms with Crippen molar-refractivity contribution in [3.63, 3.8) is 0 Å². The number of nitrogens with one attached hydrogen (secondary N) is 3. The van der Waals surface area contributed by atoms with Crippen LogP contribution in [0.25, 0.3) is 16.8 Å². The van der Waals surface area contributed by atoms with Gasteiger partial charge in [0.05, 0.1) is 0 Å². The molecule has 0 unspecified atom stereocenters. The van der Waals surface area contributed by atoms with Gasteiger partial charge in [-0.25, -0.2) is 4.98 Å². The fraction of sp³-hybridized carbons (Fsp3) is 0.409. The predicted octanol–water partition coefficient (Wildman–Crippen LogP) is 4.59. The highest BCUT2D eigenvalue weighted by Crippen LogP contribution is 2.42. The van der Waals surface area contributed by atoms with Crippen LogP contribution in [-0.2, 0) is 0 Å². The van der Waals surface area contributed by atoms with Gasteiger partial charge in [-0.3, -0.25) is 4.40 Å². The fourth-order valence-electron chi connectivity index (χ4n) is 3.91. The van der Waals surface area contributed by atoms with Crippen molar-refractivity contribution in [3.05, 3.63) is 35.7 Å². The van der Waals surface area contributed by atoms with Gasteiger partial charge in [-0.1, -0.05) is 0 Å². The van der Waals surface area contributed by atoms with Crippen molar-refractivity contribution in [2.75, 3.05) is 55.1 Å². The molecule has 0 aliphatic rings. The number of fused-ring (bicyclic) bond motifs is 1. The van der Waals surface area contributed by atoms with Gasteiger partial charge in [-0.15, -0.1) is 0 Å². The fourth-order valence-corrected chi connectivity index (χ4v) is 3.91. The zero-order valence-corrected chi connectivity index (χ0v) is 18.1. The van der Waals surface area contributed by atoms with Crippen LogP contribution in [0.15, 0.2) is 24.4 Å². The molecule has 3 rings (SSSR count). The molecule has 0 spiro atoms. The van der Waals surface area contributed by atoms with Crippen molar-refractivity contribution in [2.24, 2.45) is 0 Å². The second-order valence-electron chi connectivity index (χ2n) is 7.01. The molecule has 3 aromatic rings. The van der Waals surface area contributed by atoms with Crippen LogP contribution in [0.2, 0.25) is 0 Å². The first-order valence-corrected chi connectivity index (χ1v) is 9.94. The van der Waals surface area contributed by atoms with Gasteiger partial charge in [0.15, 0.2) is 0 Å². The summed E-state index contributed by atoms with van der Waals surface area (Å²) in [6.07, 6.45) is 2.20. The molecule has 0 saturated carbocycles. The molecule has 6 nitrogen and oxygen atoms in total. The first-order valence-electron chi connectivity index (χ1n) is 9.94. The first-order chi connectivity index (χ1) is 13.5. The molecule has 0 aliphatic heterocycles. The number of rotatable bonds is 7. The van der Waals surface area contributed by atoms with Gasteiger partial charge in [0.2, 0.25) is 0 Å². The molecule has 0 radical (unpaired) electrons. The predicted molar refractivity (Wildman–Crippen MR) is 122 cm³/mol. The average molecular weight is 381 g/mol. The SMILES string of the molecule is CCN(CC)c1cc(C)nc2c(-c3c(NC)cc(NC)cc3NC)c(C)cn12. The summed E-state index contributed by atoms with van der Waals surface area (Å²) in [6.45, 7) is 10.5. The summed E-state index contributed by atoms with van der Waals surface area (Å²) in [6, 6.07) is 6.45. The maximum absolute atomic E-state index is 4.94. The molecule has 0 aliphatic carbocycles. The third-order valence-corrected chi connectivity index (χ3v) is 5.34. The van der Waals surface area contributed by atoms with E-state index < -0.39 is 0 Å². The normalized spacial score (nSPS) is 11.0. The highest BCUT2D eigenvalue weighted by molar-refractivity contribution is 5.98. The smallest absolute Gasteiger partial charge is 0.146 e. The molecule has 3 N–H and O–H groups in total. The molecule has 0 atom stereocenters. The van der Waals surface area contributed by atoms with Crippen LogP contribution in [0, 0.1) is 13.8 Å². The first kappa shape index (κ1) is 19.9. The lowest BCUT2D eigenvalue weighted by Gasteiger charge is -2.23. The van der Waals surface area contributed by atoms with E-state index in [0.29, 0.717) is 0 Å². The molecule has 0 fully saturated rings. The maximum Gasteiger partial charge on any atom is 0.146 e. The second kappa shape index (κ2) is 8.00. The number of benzene rings is 1. The highest BCUT2D eigenvalue weighted by Gasteiger charge is 2.21. The Morgan fingerprint density at radius 1 is 0.893 bits per heavy atom. The van der Waals surface area contributed by atoms with E-state index in [4.69, 9.17) is 4.98 Å². The lowest BCUT2D eigenvalue weighted by atomic mass is 9.99. The number of aromatic nitrogens is 2. The Morgan fingerprint density at radius 2 is 1.50 bits per heavy atom. The van der Waals surface area contributed by atoms with Gasteiger partial charge in [-0.2, -0.15) is 0 Å². The molecule has 0 amide bonds. The van der Waals surface area contributed by atoms with Gasteiger partial charge in [0.25, 0.3) is 0 Å². The van der Waals surface area contributed by atoms with Crippen molar-refractivity contribution < 1.29 is 0 Å². The van der Waals surface area contributed by atoms with Crippen LogP contribution < -0.4 is 20.9 Å². The van der Waals surface area contributed by atoms with Crippen molar-refractivity contribution in [1.82, 2.24) is 9.38 Å². The molecule has 2 aromatic heterocycles. The summed E-state index contributed by atoms with van der Waals surface area (Å²) < 4.78 is 2.23. The summed E-state index contributed by atoms with van der Waals surface area (Å²) in [5, 5.41) is 9.99. The average Bonchev–Trinajstić information content (AvgIpc) is 3.03. The molecule has 28 heavy (non-hydrogen) atoms. The van der Waals surface area contributed by atoms with Crippen LogP contribution in [0.3, 0.4) is 0 Å².